The van der Waals surface area contributed by atoms with E-state index in [1.807, 2.05) is 30.3 Å². The first kappa shape index (κ1) is 13.5. The van der Waals surface area contributed by atoms with Crippen LogP contribution in [-0.2, 0) is 0 Å². The number of nitrogens with one attached hydrogen (secondary N) is 1. The average Bonchev–Trinajstić information content (AvgIpc) is 2.87. The van der Waals surface area contributed by atoms with Crippen LogP contribution in [0.2, 0.25) is 0 Å². The van der Waals surface area contributed by atoms with Gasteiger partial charge in [0.25, 0.3) is 0 Å². The fourth-order valence-corrected chi connectivity index (χ4v) is 1.79. The Kier molecular flexibility index (Phi) is 4.85. The number of para-hydroxylation sites is 1. The number of hydrogen-bond acceptors (Lipinski definition) is 5. The van der Waals surface area contributed by atoms with Crippen molar-refractivity contribution in [2.45, 2.75) is 12.8 Å². The number of aromatic nitrogens is 4. The minimum absolute atomic E-state index is 0.691. The summed E-state index contributed by atoms with van der Waals surface area (Å²) in [5.74, 6) is 0.691. The third-order valence-corrected chi connectivity index (χ3v) is 2.79. The summed E-state index contributed by atoms with van der Waals surface area (Å²) in [6.45, 7) is 1.98. The van der Waals surface area contributed by atoms with Crippen LogP contribution < -0.4 is 5.32 Å². The summed E-state index contributed by atoms with van der Waals surface area (Å²) in [4.78, 5) is 2.19. The van der Waals surface area contributed by atoms with Crippen LogP contribution in [0.25, 0.3) is 5.69 Å². The lowest BCUT2D eigenvalue weighted by molar-refractivity contribution is 0.396. The molecule has 0 unspecified atom stereocenters. The number of anilines is 1. The highest BCUT2D eigenvalue weighted by atomic mass is 15.6. The summed E-state index contributed by atoms with van der Waals surface area (Å²) in [5.41, 5.74) is 0.961. The predicted molar refractivity (Wildman–Crippen MR) is 75.4 cm³/mol. The summed E-state index contributed by atoms with van der Waals surface area (Å²) in [6, 6.07) is 9.87. The Hall–Kier alpha value is -1.95. The molecule has 0 fully saturated rings. The maximum atomic E-state index is 4.01. The molecule has 2 aromatic rings. The molecule has 6 heteroatoms. The minimum atomic E-state index is 0.691. The average molecular weight is 260 g/mol. The summed E-state index contributed by atoms with van der Waals surface area (Å²) < 4.78 is 1.71. The Bertz CT molecular complexity index is 479. The Morgan fingerprint density at radius 1 is 1.16 bits per heavy atom. The number of rotatable bonds is 7. The molecule has 0 radical (unpaired) electrons. The fraction of sp³-hybridized carbons (Fsp3) is 0.462. The molecule has 1 aromatic carbocycles. The number of hydrogen-bond donors (Lipinski definition) is 1. The van der Waals surface area contributed by atoms with E-state index in [1.54, 1.807) is 4.68 Å². The molecule has 0 amide bonds. The number of unbranched alkanes of at least 4 members (excludes halogenated alkanes) is 1. The first-order valence-corrected chi connectivity index (χ1v) is 6.50. The molecule has 0 saturated heterocycles. The Balaban J connectivity index is 1.87. The predicted octanol–water partition coefficient (Wildman–Crippen LogP) is 1.42. The molecule has 6 nitrogen and oxygen atoms in total. The van der Waals surface area contributed by atoms with Crippen LogP contribution in [0.1, 0.15) is 12.8 Å². The minimum Gasteiger partial charge on any atom is -0.353 e. The van der Waals surface area contributed by atoms with Crippen LogP contribution in [0.15, 0.2) is 30.3 Å². The van der Waals surface area contributed by atoms with E-state index in [1.165, 1.54) is 0 Å². The van der Waals surface area contributed by atoms with Crippen molar-refractivity contribution in [3.8, 4) is 5.69 Å². The Labute approximate surface area is 113 Å². The Morgan fingerprint density at radius 2 is 1.95 bits per heavy atom. The van der Waals surface area contributed by atoms with Crippen LogP contribution >= 0.6 is 0 Å². The van der Waals surface area contributed by atoms with Crippen LogP contribution in [0, 0.1) is 0 Å². The SMILES string of the molecule is CN(C)CCCCNc1nnnn1-c1ccccc1. The molecule has 102 valence electrons. The van der Waals surface area contributed by atoms with Gasteiger partial charge in [0, 0.05) is 6.54 Å². The molecule has 1 heterocycles. The zero-order valence-corrected chi connectivity index (χ0v) is 11.5. The Morgan fingerprint density at radius 3 is 2.68 bits per heavy atom. The van der Waals surface area contributed by atoms with Gasteiger partial charge in [0.2, 0.25) is 5.95 Å². The molecule has 1 aromatic heterocycles. The van der Waals surface area contributed by atoms with E-state index in [-0.39, 0.29) is 0 Å². The lowest BCUT2D eigenvalue weighted by atomic mass is 10.3. The molecular formula is C13H20N6. The van der Waals surface area contributed by atoms with Crippen molar-refractivity contribution >= 4 is 5.95 Å². The normalized spacial score (nSPS) is 10.9. The van der Waals surface area contributed by atoms with E-state index in [9.17, 15) is 0 Å². The van der Waals surface area contributed by atoms with E-state index < -0.39 is 0 Å². The molecule has 0 saturated carbocycles. The zero-order chi connectivity index (χ0) is 13.5. The number of benzene rings is 1. The van der Waals surface area contributed by atoms with Crippen LogP contribution in [-0.4, -0.2) is 52.3 Å². The number of tetrazole rings is 1. The fourth-order valence-electron chi connectivity index (χ4n) is 1.79. The molecule has 0 bridgehead atoms. The van der Waals surface area contributed by atoms with Gasteiger partial charge in [-0.25, -0.2) is 0 Å². The summed E-state index contributed by atoms with van der Waals surface area (Å²) in [5, 5.41) is 15.0. The van der Waals surface area contributed by atoms with Crippen molar-refractivity contribution in [1.29, 1.82) is 0 Å². The molecule has 1 N–H and O–H groups in total. The van der Waals surface area contributed by atoms with E-state index in [4.69, 9.17) is 0 Å². The van der Waals surface area contributed by atoms with Gasteiger partial charge < -0.3 is 10.2 Å². The second-order valence-corrected chi connectivity index (χ2v) is 4.69. The van der Waals surface area contributed by atoms with Gasteiger partial charge in [-0.05, 0) is 56.0 Å². The van der Waals surface area contributed by atoms with Crippen molar-refractivity contribution in [1.82, 2.24) is 25.1 Å². The maximum absolute atomic E-state index is 4.01. The van der Waals surface area contributed by atoms with Gasteiger partial charge in [0.15, 0.2) is 0 Å². The molecule has 0 aliphatic rings. The highest BCUT2D eigenvalue weighted by Gasteiger charge is 2.06. The number of nitrogens with zero attached hydrogens (tertiary/aromatic N) is 5. The van der Waals surface area contributed by atoms with Crippen molar-refractivity contribution in [3.63, 3.8) is 0 Å². The smallest absolute Gasteiger partial charge is 0.247 e. The van der Waals surface area contributed by atoms with Gasteiger partial charge in [-0.15, -0.1) is 0 Å². The van der Waals surface area contributed by atoms with Crippen LogP contribution in [0.3, 0.4) is 0 Å². The monoisotopic (exact) mass is 260 g/mol. The zero-order valence-electron chi connectivity index (χ0n) is 11.5. The molecule has 0 aliphatic carbocycles. The largest absolute Gasteiger partial charge is 0.353 e. The van der Waals surface area contributed by atoms with Crippen molar-refractivity contribution in [2.75, 3.05) is 32.5 Å². The first-order valence-electron chi connectivity index (χ1n) is 6.50. The van der Waals surface area contributed by atoms with Gasteiger partial charge in [0.05, 0.1) is 5.69 Å². The first-order chi connectivity index (χ1) is 9.27. The van der Waals surface area contributed by atoms with Crippen molar-refractivity contribution in [2.24, 2.45) is 0 Å². The third-order valence-electron chi connectivity index (χ3n) is 2.79. The van der Waals surface area contributed by atoms with E-state index in [2.05, 4.69) is 39.8 Å². The van der Waals surface area contributed by atoms with Crippen molar-refractivity contribution < 1.29 is 0 Å². The van der Waals surface area contributed by atoms with Crippen LogP contribution in [0.4, 0.5) is 5.95 Å². The lowest BCUT2D eigenvalue weighted by Gasteiger charge is -2.09. The van der Waals surface area contributed by atoms with Gasteiger partial charge in [-0.1, -0.05) is 23.3 Å². The highest BCUT2D eigenvalue weighted by Crippen LogP contribution is 2.10. The second-order valence-electron chi connectivity index (χ2n) is 4.69. The van der Waals surface area contributed by atoms with Gasteiger partial charge in [0.1, 0.15) is 0 Å². The highest BCUT2D eigenvalue weighted by molar-refractivity contribution is 5.38. The third kappa shape index (κ3) is 4.03. The summed E-state index contributed by atoms with van der Waals surface area (Å²) in [6.07, 6.45) is 2.26. The van der Waals surface area contributed by atoms with Gasteiger partial charge in [-0.3, -0.25) is 0 Å². The molecule has 0 aliphatic heterocycles. The summed E-state index contributed by atoms with van der Waals surface area (Å²) in [7, 11) is 4.17. The standard InChI is InChI=1S/C13H20N6/c1-18(2)11-7-6-10-14-13-15-16-17-19(13)12-8-4-3-5-9-12/h3-5,8-9H,6-7,10-11H2,1-2H3,(H,14,15,17). The quantitative estimate of drug-likeness (QED) is 0.763. The van der Waals surface area contributed by atoms with E-state index >= 15 is 0 Å². The molecular weight excluding hydrogens is 240 g/mol. The van der Waals surface area contributed by atoms with Gasteiger partial charge >= 0.3 is 0 Å². The maximum Gasteiger partial charge on any atom is 0.247 e. The molecule has 19 heavy (non-hydrogen) atoms. The molecule has 2 rings (SSSR count). The molecule has 0 atom stereocenters. The topological polar surface area (TPSA) is 58.9 Å². The van der Waals surface area contributed by atoms with E-state index in [0.717, 1.165) is 31.6 Å². The second kappa shape index (κ2) is 6.84. The van der Waals surface area contributed by atoms with Crippen LogP contribution in [0.5, 0.6) is 0 Å². The summed E-state index contributed by atoms with van der Waals surface area (Å²) >= 11 is 0. The lowest BCUT2D eigenvalue weighted by Crippen LogP contribution is -2.15. The van der Waals surface area contributed by atoms with Crippen molar-refractivity contribution in [3.05, 3.63) is 30.3 Å². The van der Waals surface area contributed by atoms with E-state index in [0.29, 0.717) is 5.95 Å². The van der Waals surface area contributed by atoms with Gasteiger partial charge in [-0.2, -0.15) is 4.68 Å². The molecule has 0 spiro atoms.